The Morgan fingerprint density at radius 1 is 0.511 bits per heavy atom. The SMILES string of the molecule is C=CCc1cccc(-n2c3ccccc3c3c2ccc2c4ccccc4n(-c4nc(-c5ccccc5)nc(-c5ccccc5)n4)c23)c1. The number of allylic oxidation sites excluding steroid dienone is 1. The summed E-state index contributed by atoms with van der Waals surface area (Å²) in [6, 6.07) is 50.7. The van der Waals surface area contributed by atoms with Gasteiger partial charge in [-0.05, 0) is 42.3 Å². The Kier molecular flexibility index (Phi) is 6.28. The summed E-state index contributed by atoms with van der Waals surface area (Å²) in [4.78, 5) is 15.3. The number of nitrogens with zero attached hydrogens (tertiary/aromatic N) is 5. The summed E-state index contributed by atoms with van der Waals surface area (Å²) in [7, 11) is 0. The molecule has 47 heavy (non-hydrogen) atoms. The average molecular weight is 604 g/mol. The molecule has 0 unspecified atom stereocenters. The van der Waals surface area contributed by atoms with E-state index in [0.29, 0.717) is 17.6 Å². The predicted octanol–water partition coefficient (Wildman–Crippen LogP) is 10.1. The monoisotopic (exact) mass is 603 g/mol. The van der Waals surface area contributed by atoms with Gasteiger partial charge in [-0.2, -0.15) is 9.97 Å². The van der Waals surface area contributed by atoms with E-state index in [0.717, 1.165) is 61.5 Å². The molecule has 3 aromatic heterocycles. The molecule has 0 fully saturated rings. The smallest absolute Gasteiger partial charge is 0.238 e. The van der Waals surface area contributed by atoms with Gasteiger partial charge in [0.1, 0.15) is 0 Å². The molecule has 0 atom stereocenters. The van der Waals surface area contributed by atoms with Crippen molar-refractivity contribution in [3.8, 4) is 34.4 Å². The summed E-state index contributed by atoms with van der Waals surface area (Å²) in [5, 5.41) is 4.63. The molecule has 3 heterocycles. The van der Waals surface area contributed by atoms with E-state index in [-0.39, 0.29) is 0 Å². The van der Waals surface area contributed by atoms with Gasteiger partial charge in [-0.1, -0.05) is 121 Å². The van der Waals surface area contributed by atoms with Crippen molar-refractivity contribution in [2.75, 3.05) is 0 Å². The summed E-state index contributed by atoms with van der Waals surface area (Å²) in [5.41, 5.74) is 8.62. The molecule has 9 aromatic rings. The second-order valence-electron chi connectivity index (χ2n) is 11.7. The fourth-order valence-electron chi connectivity index (χ4n) is 6.88. The summed E-state index contributed by atoms with van der Waals surface area (Å²) < 4.78 is 4.61. The first kappa shape index (κ1) is 27.0. The van der Waals surface area contributed by atoms with Gasteiger partial charge in [0, 0.05) is 38.4 Å². The molecule has 0 aliphatic rings. The minimum Gasteiger partial charge on any atom is -0.309 e. The molecule has 6 aromatic carbocycles. The number of aromatic nitrogens is 5. The summed E-state index contributed by atoms with van der Waals surface area (Å²) in [6.07, 6.45) is 2.77. The van der Waals surface area contributed by atoms with Gasteiger partial charge in [-0.15, -0.1) is 6.58 Å². The third-order valence-corrected chi connectivity index (χ3v) is 8.91. The second kappa shape index (κ2) is 10.9. The van der Waals surface area contributed by atoms with Crippen LogP contribution in [0, 0.1) is 0 Å². The summed E-state index contributed by atoms with van der Waals surface area (Å²) >= 11 is 0. The zero-order chi connectivity index (χ0) is 31.3. The molecule has 0 spiro atoms. The van der Waals surface area contributed by atoms with Crippen LogP contribution in [-0.4, -0.2) is 24.1 Å². The van der Waals surface area contributed by atoms with Crippen LogP contribution < -0.4 is 0 Å². The summed E-state index contributed by atoms with van der Waals surface area (Å²) in [6.45, 7) is 3.97. The van der Waals surface area contributed by atoms with Gasteiger partial charge in [-0.25, -0.2) is 4.98 Å². The highest BCUT2D eigenvalue weighted by Crippen LogP contribution is 2.41. The lowest BCUT2D eigenvalue weighted by Gasteiger charge is -2.12. The molecule has 0 N–H and O–H groups in total. The number of para-hydroxylation sites is 2. The first-order chi connectivity index (χ1) is 23.3. The Morgan fingerprint density at radius 2 is 1.13 bits per heavy atom. The maximum absolute atomic E-state index is 5.18. The van der Waals surface area contributed by atoms with E-state index in [4.69, 9.17) is 15.0 Å². The van der Waals surface area contributed by atoms with Crippen LogP contribution in [-0.2, 0) is 6.42 Å². The van der Waals surface area contributed by atoms with Gasteiger partial charge >= 0.3 is 0 Å². The largest absolute Gasteiger partial charge is 0.309 e. The van der Waals surface area contributed by atoms with E-state index < -0.39 is 0 Å². The number of hydrogen-bond acceptors (Lipinski definition) is 3. The van der Waals surface area contributed by atoms with Gasteiger partial charge in [0.05, 0.1) is 22.1 Å². The van der Waals surface area contributed by atoms with Crippen LogP contribution in [0.5, 0.6) is 0 Å². The molecule has 0 amide bonds. The molecule has 5 nitrogen and oxygen atoms in total. The quantitative estimate of drug-likeness (QED) is 0.178. The van der Waals surface area contributed by atoms with Crippen LogP contribution in [0.2, 0.25) is 0 Å². The van der Waals surface area contributed by atoms with Gasteiger partial charge in [0.25, 0.3) is 0 Å². The van der Waals surface area contributed by atoms with Crippen molar-refractivity contribution in [3.05, 3.63) is 164 Å². The van der Waals surface area contributed by atoms with Gasteiger partial charge < -0.3 is 4.57 Å². The normalized spacial score (nSPS) is 11.6. The number of fused-ring (bicyclic) bond motifs is 7. The second-order valence-corrected chi connectivity index (χ2v) is 11.7. The average Bonchev–Trinajstić information content (AvgIpc) is 3.65. The summed E-state index contributed by atoms with van der Waals surface area (Å²) in [5.74, 6) is 1.85. The van der Waals surface area contributed by atoms with E-state index in [1.165, 1.54) is 10.9 Å². The molecular formula is C42H29N5. The lowest BCUT2D eigenvalue weighted by atomic mass is 10.1. The Morgan fingerprint density at radius 3 is 1.81 bits per heavy atom. The fourth-order valence-corrected chi connectivity index (χ4v) is 6.88. The van der Waals surface area contributed by atoms with Crippen LogP contribution in [0.1, 0.15) is 5.56 Å². The Hall–Kier alpha value is -6.33. The maximum Gasteiger partial charge on any atom is 0.238 e. The Bertz CT molecular complexity index is 2560. The third kappa shape index (κ3) is 4.36. The van der Waals surface area contributed by atoms with Crippen molar-refractivity contribution in [3.63, 3.8) is 0 Å². The van der Waals surface area contributed by atoms with Crippen molar-refractivity contribution in [1.82, 2.24) is 24.1 Å². The standard InChI is InChI=1S/C42H29N5/c1-2-14-28-15-13-20-31(27-28)46-36-24-12-10-22-34(36)38-37(46)26-25-33-32-21-9-11-23-35(32)47(39(33)38)42-44-40(29-16-5-3-6-17-29)43-41(45-42)30-18-7-4-8-19-30/h2-13,15-27H,1,14H2. The molecule has 9 rings (SSSR count). The van der Waals surface area contributed by atoms with Gasteiger partial charge in [0.15, 0.2) is 11.6 Å². The molecule has 0 radical (unpaired) electrons. The number of rotatable bonds is 6. The van der Waals surface area contributed by atoms with Gasteiger partial charge in [-0.3, -0.25) is 4.57 Å². The lowest BCUT2D eigenvalue weighted by Crippen LogP contribution is -2.06. The number of benzene rings is 6. The van der Waals surface area contributed by atoms with Crippen LogP contribution in [0.15, 0.2) is 158 Å². The Balaban J connectivity index is 1.43. The number of hydrogen-bond donors (Lipinski definition) is 0. The molecule has 5 heteroatoms. The van der Waals surface area contributed by atoms with Crippen molar-refractivity contribution in [1.29, 1.82) is 0 Å². The van der Waals surface area contributed by atoms with Crippen molar-refractivity contribution in [2.24, 2.45) is 0 Å². The zero-order valence-corrected chi connectivity index (χ0v) is 25.6. The highest BCUT2D eigenvalue weighted by Gasteiger charge is 2.23. The van der Waals surface area contributed by atoms with E-state index in [2.05, 4.69) is 101 Å². The fraction of sp³-hybridized carbons (Fsp3) is 0.0238. The van der Waals surface area contributed by atoms with E-state index in [9.17, 15) is 0 Å². The molecule has 0 aliphatic heterocycles. The van der Waals surface area contributed by atoms with Crippen molar-refractivity contribution >= 4 is 43.6 Å². The molecule has 0 bridgehead atoms. The minimum atomic E-state index is 0.584. The first-order valence-corrected chi connectivity index (χ1v) is 15.8. The first-order valence-electron chi connectivity index (χ1n) is 15.8. The van der Waals surface area contributed by atoms with Crippen molar-refractivity contribution < 1.29 is 0 Å². The van der Waals surface area contributed by atoms with Crippen LogP contribution in [0.4, 0.5) is 0 Å². The van der Waals surface area contributed by atoms with Crippen LogP contribution >= 0.6 is 0 Å². The molecule has 0 saturated carbocycles. The van der Waals surface area contributed by atoms with E-state index in [1.54, 1.807) is 0 Å². The maximum atomic E-state index is 5.18. The zero-order valence-electron chi connectivity index (χ0n) is 25.6. The van der Waals surface area contributed by atoms with Crippen LogP contribution in [0.3, 0.4) is 0 Å². The highest BCUT2D eigenvalue weighted by atomic mass is 15.2. The molecule has 0 saturated heterocycles. The minimum absolute atomic E-state index is 0.584. The predicted molar refractivity (Wildman–Crippen MR) is 193 cm³/mol. The Labute approximate surface area is 271 Å². The van der Waals surface area contributed by atoms with E-state index >= 15 is 0 Å². The third-order valence-electron chi connectivity index (χ3n) is 8.91. The highest BCUT2D eigenvalue weighted by molar-refractivity contribution is 6.26. The van der Waals surface area contributed by atoms with Crippen molar-refractivity contribution in [2.45, 2.75) is 6.42 Å². The van der Waals surface area contributed by atoms with Gasteiger partial charge in [0.2, 0.25) is 5.95 Å². The molecule has 0 aliphatic carbocycles. The molecule has 222 valence electrons. The van der Waals surface area contributed by atoms with Crippen LogP contribution in [0.25, 0.3) is 78.0 Å². The van der Waals surface area contributed by atoms with E-state index in [1.807, 2.05) is 66.7 Å². The topological polar surface area (TPSA) is 48.5 Å². The molecular weight excluding hydrogens is 574 g/mol. The lowest BCUT2D eigenvalue weighted by molar-refractivity contribution is 0.955.